The van der Waals surface area contributed by atoms with E-state index in [4.69, 9.17) is 26.3 Å². The van der Waals surface area contributed by atoms with Gasteiger partial charge in [-0.1, -0.05) is 127 Å². The van der Waals surface area contributed by atoms with Crippen molar-refractivity contribution in [3.63, 3.8) is 0 Å². The average molecular weight is 545 g/mol. The molecule has 0 atom stereocenters. The average Bonchev–Trinajstić information content (AvgIpc) is 3.69. The Kier molecular flexibility index (Phi) is 1.94. The summed E-state index contributed by atoms with van der Waals surface area (Å²) in [6.45, 7) is 0. The summed E-state index contributed by atoms with van der Waals surface area (Å²) < 4.78 is 220. The number of furan rings is 1. The minimum absolute atomic E-state index is 0.448. The van der Waals surface area contributed by atoms with Gasteiger partial charge in [-0.05, 0) is 72.3 Å². The minimum atomic E-state index is -0.948. The molecule has 1 heteroatoms. The second-order valence-electron chi connectivity index (χ2n) is 9.01. The monoisotopic (exact) mass is 544 g/mol. The fourth-order valence-corrected chi connectivity index (χ4v) is 5.24. The van der Waals surface area contributed by atoms with Crippen LogP contribution >= 0.6 is 0 Å². The molecule has 0 unspecified atom stereocenters. The smallest absolute Gasteiger partial charge is 0.143 e. The predicted molar refractivity (Wildman–Crippen MR) is 175 cm³/mol. The van der Waals surface area contributed by atoms with Crippen LogP contribution in [0.1, 0.15) is 32.9 Å². The van der Waals surface area contributed by atoms with Crippen LogP contribution in [0.15, 0.2) is 149 Å². The van der Waals surface area contributed by atoms with E-state index in [1.807, 2.05) is 0 Å². The fraction of sp³-hybridized carbons (Fsp3) is 0. The minimum Gasteiger partial charge on any atom is -0.455 e. The molecule has 1 nitrogen and oxygen atoms in total. The van der Waals surface area contributed by atoms with Crippen LogP contribution in [0.4, 0.5) is 0 Å². The van der Waals surface area contributed by atoms with Crippen LogP contribution in [0.3, 0.4) is 0 Å². The third kappa shape index (κ3) is 3.24. The van der Waals surface area contributed by atoms with Gasteiger partial charge in [0.05, 0.1) is 32.9 Å². The molecule has 1 aromatic heterocycles. The maximum absolute atomic E-state index is 9.56. The lowest BCUT2D eigenvalue weighted by Crippen LogP contribution is -1.92. The SMILES string of the molecule is [2H]c1c([2H])c([2H])c(-c2c3c([2H])c([2H])c([2H])c([2H])c3c(-c3c4oc5c([2H])c6c([2H])c([2H])c([2H])c([2H])c6c([2H])c5c4c([2H])c4c([2H])c([2H])c([2H])c([2H])c34)c3c([2H])c([2H])c([2H])c([2H])c23)c([2H])c1[2H]. The molecule has 9 rings (SSSR count). The van der Waals surface area contributed by atoms with Crippen LogP contribution in [-0.4, -0.2) is 0 Å². The molecule has 190 valence electrons. The molecule has 0 saturated heterocycles. The first kappa shape index (κ1) is 9.33. The summed E-state index contributed by atoms with van der Waals surface area (Å²) in [5.74, 6) is 0. The number of benzene rings is 8. The highest BCUT2D eigenvalue weighted by molar-refractivity contribution is 6.28. The van der Waals surface area contributed by atoms with Gasteiger partial charge >= 0.3 is 0 Å². The molecular weight excluding hydrogens is 496 g/mol. The Morgan fingerprint density at radius 1 is 0.366 bits per heavy atom. The summed E-state index contributed by atoms with van der Waals surface area (Å²) in [5.41, 5.74) is -3.82. The Morgan fingerprint density at radius 2 is 0.854 bits per heavy atom. The molecule has 0 aliphatic heterocycles. The van der Waals surface area contributed by atoms with Crippen molar-refractivity contribution >= 4 is 65.0 Å². The number of rotatable bonds is 2. The predicted octanol–water partition coefficient (Wildman–Crippen LogP) is 11.5. The Morgan fingerprint density at radius 3 is 1.51 bits per heavy atom. The Hall–Kier alpha value is -5.40. The molecule has 0 radical (unpaired) electrons. The summed E-state index contributed by atoms with van der Waals surface area (Å²) in [5, 5.41) is -5.73. The van der Waals surface area contributed by atoms with Crippen LogP contribution in [0, 0.1) is 0 Å². The Balaban J connectivity index is 1.74. The summed E-state index contributed by atoms with van der Waals surface area (Å²) >= 11 is 0. The van der Waals surface area contributed by atoms with E-state index in [1.165, 1.54) is 0 Å². The van der Waals surface area contributed by atoms with Gasteiger partial charge in [0, 0.05) is 21.9 Å². The van der Waals surface area contributed by atoms with Gasteiger partial charge in [0.1, 0.15) is 11.2 Å². The second kappa shape index (κ2) is 8.55. The molecule has 0 fully saturated rings. The molecule has 9 aromatic rings. The van der Waals surface area contributed by atoms with E-state index >= 15 is 0 Å². The largest absolute Gasteiger partial charge is 0.455 e. The van der Waals surface area contributed by atoms with E-state index in [2.05, 4.69) is 0 Å². The van der Waals surface area contributed by atoms with Gasteiger partial charge in [-0.2, -0.15) is 0 Å². The lowest BCUT2D eigenvalue weighted by molar-refractivity contribution is 0.671. The Labute approximate surface area is 270 Å². The first-order chi connectivity index (χ1) is 30.3. The highest BCUT2D eigenvalue weighted by Gasteiger charge is 2.22. The standard InChI is InChI=1S/C40H24O/c1-2-12-25(13-3-1)37-30-18-8-10-20-32(30)38(33-21-11-9-19-31(33)37)39-29-17-7-6-16-28(29)23-35-34-22-26-14-4-5-15-27(26)24-36(34)41-40(35)39/h1-24H/i1D,2D,3D,4D,5D,6D,7D,8D,9D,10D,11D,12D,13D,14D,15D,16D,17D,18D,19D,20D,21D,22D,23D,24D. The normalized spacial score (nSPS) is 20.1. The molecule has 0 amide bonds. The summed E-state index contributed by atoms with van der Waals surface area (Å²) in [6, 6.07) is -20.7. The zero-order valence-corrected chi connectivity index (χ0v) is 20.4. The first-order valence-corrected chi connectivity index (χ1v) is 12.2. The van der Waals surface area contributed by atoms with Crippen molar-refractivity contribution in [2.75, 3.05) is 0 Å². The molecule has 1 heterocycles. The highest BCUT2D eigenvalue weighted by Crippen LogP contribution is 2.49. The zero-order valence-electron chi connectivity index (χ0n) is 44.4. The van der Waals surface area contributed by atoms with E-state index in [-0.39, 0.29) is 0 Å². The van der Waals surface area contributed by atoms with Crippen LogP contribution in [-0.2, 0) is 0 Å². The van der Waals surface area contributed by atoms with Crippen LogP contribution in [0.25, 0.3) is 87.3 Å². The third-order valence-corrected chi connectivity index (χ3v) is 6.87. The van der Waals surface area contributed by atoms with Crippen LogP contribution < -0.4 is 0 Å². The van der Waals surface area contributed by atoms with Gasteiger partial charge in [0.15, 0.2) is 0 Å². The molecule has 0 aliphatic rings. The van der Waals surface area contributed by atoms with E-state index in [1.54, 1.807) is 0 Å². The summed E-state index contributed by atoms with van der Waals surface area (Å²) in [4.78, 5) is 0. The van der Waals surface area contributed by atoms with Crippen molar-refractivity contribution in [2.45, 2.75) is 0 Å². The van der Waals surface area contributed by atoms with Gasteiger partial charge in [-0.25, -0.2) is 0 Å². The van der Waals surface area contributed by atoms with Gasteiger partial charge in [0.2, 0.25) is 0 Å². The van der Waals surface area contributed by atoms with Crippen molar-refractivity contribution in [1.29, 1.82) is 0 Å². The van der Waals surface area contributed by atoms with Crippen LogP contribution in [0.2, 0.25) is 0 Å². The third-order valence-electron chi connectivity index (χ3n) is 6.87. The van der Waals surface area contributed by atoms with Crippen molar-refractivity contribution in [2.24, 2.45) is 0 Å². The van der Waals surface area contributed by atoms with Gasteiger partial charge in [0.25, 0.3) is 0 Å². The van der Waals surface area contributed by atoms with E-state index in [0.717, 1.165) is 0 Å². The van der Waals surface area contributed by atoms with Crippen molar-refractivity contribution < 1.29 is 37.3 Å². The molecule has 0 aliphatic carbocycles. The molecule has 0 saturated carbocycles. The topological polar surface area (TPSA) is 13.1 Å². The van der Waals surface area contributed by atoms with Crippen molar-refractivity contribution in [3.05, 3.63) is 145 Å². The zero-order chi connectivity index (χ0) is 47.8. The Bertz CT molecular complexity index is 3710. The lowest BCUT2D eigenvalue weighted by Gasteiger charge is -2.19. The van der Waals surface area contributed by atoms with Gasteiger partial charge in [-0.3, -0.25) is 0 Å². The lowest BCUT2D eigenvalue weighted by atomic mass is 9.84. The summed E-state index contributed by atoms with van der Waals surface area (Å²) in [7, 11) is 0. The summed E-state index contributed by atoms with van der Waals surface area (Å²) in [6.07, 6.45) is 0. The molecule has 8 aromatic carbocycles. The maximum Gasteiger partial charge on any atom is 0.143 e. The van der Waals surface area contributed by atoms with Crippen LogP contribution in [0.5, 0.6) is 0 Å². The van der Waals surface area contributed by atoms with E-state index in [0.29, 0.717) is 0 Å². The fourth-order valence-electron chi connectivity index (χ4n) is 5.24. The number of hydrogen-bond acceptors (Lipinski definition) is 1. The number of fused-ring (bicyclic) bond motifs is 7. The maximum atomic E-state index is 9.56. The molecular formula is C40H24O. The van der Waals surface area contributed by atoms with Crippen molar-refractivity contribution in [1.82, 2.24) is 0 Å². The molecule has 41 heavy (non-hydrogen) atoms. The molecule has 0 N–H and O–H groups in total. The van der Waals surface area contributed by atoms with Gasteiger partial charge in [-0.15, -0.1) is 0 Å². The molecule has 0 bridgehead atoms. The quantitative estimate of drug-likeness (QED) is 0.197. The number of hydrogen-bond donors (Lipinski definition) is 0. The van der Waals surface area contributed by atoms with E-state index in [9.17, 15) is 11.0 Å². The second-order valence-corrected chi connectivity index (χ2v) is 9.01. The first-order valence-electron chi connectivity index (χ1n) is 24.2. The van der Waals surface area contributed by atoms with Crippen molar-refractivity contribution in [3.8, 4) is 22.3 Å². The molecule has 0 spiro atoms. The van der Waals surface area contributed by atoms with E-state index < -0.39 is 232 Å². The van der Waals surface area contributed by atoms with Gasteiger partial charge < -0.3 is 4.42 Å². The highest BCUT2D eigenvalue weighted by atomic mass is 16.3.